The third kappa shape index (κ3) is 3.65. The molecule has 2 amide bonds. The molecule has 6 rings (SSSR count). The van der Waals surface area contributed by atoms with Crippen molar-refractivity contribution < 1.29 is 14.0 Å². The third-order valence-electron chi connectivity index (χ3n) is 6.31. The Labute approximate surface area is 201 Å². The van der Waals surface area contributed by atoms with Crippen molar-refractivity contribution in [2.75, 3.05) is 4.90 Å². The summed E-state index contributed by atoms with van der Waals surface area (Å²) in [5.74, 6) is 0.281. The van der Waals surface area contributed by atoms with E-state index in [0.717, 1.165) is 38.6 Å². The number of carbonyl (C=O) groups is 2. The molecule has 0 unspecified atom stereocenters. The van der Waals surface area contributed by atoms with E-state index < -0.39 is 0 Å². The van der Waals surface area contributed by atoms with Gasteiger partial charge in [-0.3, -0.25) is 9.59 Å². The van der Waals surface area contributed by atoms with Crippen LogP contribution in [-0.4, -0.2) is 17.5 Å². The van der Waals surface area contributed by atoms with Gasteiger partial charge in [-0.25, -0.2) is 5.43 Å². The molecule has 0 radical (unpaired) electrons. The summed E-state index contributed by atoms with van der Waals surface area (Å²) in [6, 6.07) is 28.6. The maximum atomic E-state index is 13.0. The predicted molar refractivity (Wildman–Crippen MR) is 137 cm³/mol. The lowest BCUT2D eigenvalue weighted by molar-refractivity contribution is 0.0953. The number of carbonyl (C=O) groups excluding carboxylic acids is 2. The number of furan rings is 1. The van der Waals surface area contributed by atoms with Crippen molar-refractivity contribution in [3.05, 3.63) is 113 Å². The number of benzene rings is 4. The van der Waals surface area contributed by atoms with E-state index in [1.165, 1.54) is 0 Å². The first-order valence-corrected chi connectivity index (χ1v) is 11.3. The topological polar surface area (TPSA) is 74.9 Å². The number of amides is 2. The van der Waals surface area contributed by atoms with Crippen LogP contribution in [0.5, 0.6) is 0 Å². The Hall–Kier alpha value is -4.71. The summed E-state index contributed by atoms with van der Waals surface area (Å²) < 4.78 is 5.79. The van der Waals surface area contributed by atoms with Gasteiger partial charge in [0, 0.05) is 21.9 Å². The zero-order valence-corrected chi connectivity index (χ0v) is 19.0. The maximum absolute atomic E-state index is 13.0. The van der Waals surface area contributed by atoms with Gasteiger partial charge in [-0.1, -0.05) is 54.6 Å². The number of hydrogen-bond donors (Lipinski definition) is 1. The molecule has 1 aliphatic heterocycles. The highest BCUT2D eigenvalue weighted by atomic mass is 16.3. The SMILES string of the molecule is CC(=NNC(=O)c1ccc(CN2C(=O)c3cccc4cccc2c34)cc1)c1cc2ccccc2o1. The molecule has 6 heteroatoms. The standard InChI is InChI=1S/C29H21N3O3/c1-18(26-16-22-6-2-3-11-25(22)35-26)30-31-28(33)21-14-12-19(13-15-21)17-32-24-10-5-8-20-7-4-9-23(27(20)24)29(32)34/h2-16H,17H2,1H3,(H,31,33). The van der Waals surface area contributed by atoms with Gasteiger partial charge < -0.3 is 9.32 Å². The summed E-state index contributed by atoms with van der Waals surface area (Å²) >= 11 is 0. The largest absolute Gasteiger partial charge is 0.455 e. The van der Waals surface area contributed by atoms with Crippen LogP contribution in [0.1, 0.15) is 39.0 Å². The minimum absolute atomic E-state index is 0.00554. The average molecular weight is 460 g/mol. The Morgan fingerprint density at radius 3 is 2.46 bits per heavy atom. The fourth-order valence-corrected chi connectivity index (χ4v) is 4.49. The molecule has 0 aliphatic carbocycles. The Balaban J connectivity index is 1.16. The summed E-state index contributed by atoms with van der Waals surface area (Å²) in [6.07, 6.45) is 0. The van der Waals surface area contributed by atoms with Gasteiger partial charge in [-0.2, -0.15) is 5.10 Å². The number of nitrogens with one attached hydrogen (secondary N) is 1. The fraction of sp³-hybridized carbons (Fsp3) is 0.0690. The van der Waals surface area contributed by atoms with E-state index in [-0.39, 0.29) is 11.8 Å². The quantitative estimate of drug-likeness (QED) is 0.263. The summed E-state index contributed by atoms with van der Waals surface area (Å²) in [5.41, 5.74) is 7.00. The van der Waals surface area contributed by atoms with Crippen LogP contribution in [-0.2, 0) is 6.54 Å². The molecule has 6 nitrogen and oxygen atoms in total. The smallest absolute Gasteiger partial charge is 0.271 e. The Kier molecular flexibility index (Phi) is 4.92. The molecule has 1 aliphatic rings. The van der Waals surface area contributed by atoms with E-state index in [1.54, 1.807) is 24.0 Å². The number of anilines is 1. The van der Waals surface area contributed by atoms with Crippen molar-refractivity contribution in [3.8, 4) is 0 Å². The molecule has 0 atom stereocenters. The van der Waals surface area contributed by atoms with Crippen molar-refractivity contribution in [1.29, 1.82) is 0 Å². The van der Waals surface area contributed by atoms with Crippen molar-refractivity contribution in [1.82, 2.24) is 5.43 Å². The number of rotatable bonds is 5. The molecule has 170 valence electrons. The van der Waals surface area contributed by atoms with Crippen molar-refractivity contribution in [2.24, 2.45) is 5.10 Å². The number of nitrogens with zero attached hydrogens (tertiary/aromatic N) is 2. The molecule has 0 fully saturated rings. The number of fused-ring (bicyclic) bond motifs is 1. The van der Waals surface area contributed by atoms with Gasteiger partial charge in [0.25, 0.3) is 11.8 Å². The highest BCUT2D eigenvalue weighted by Crippen LogP contribution is 2.38. The summed E-state index contributed by atoms with van der Waals surface area (Å²) in [7, 11) is 0. The molecule has 1 N–H and O–H groups in total. The number of hydrogen-bond acceptors (Lipinski definition) is 4. The van der Waals surface area contributed by atoms with Crippen LogP contribution in [0.3, 0.4) is 0 Å². The third-order valence-corrected chi connectivity index (χ3v) is 6.31. The van der Waals surface area contributed by atoms with Gasteiger partial charge in [-0.05, 0) is 54.3 Å². The Morgan fingerprint density at radius 2 is 1.66 bits per heavy atom. The predicted octanol–water partition coefficient (Wildman–Crippen LogP) is 5.90. The van der Waals surface area contributed by atoms with Crippen molar-refractivity contribution in [3.63, 3.8) is 0 Å². The zero-order valence-electron chi connectivity index (χ0n) is 19.0. The van der Waals surface area contributed by atoms with Crippen LogP contribution in [0.25, 0.3) is 21.7 Å². The van der Waals surface area contributed by atoms with E-state index in [2.05, 4.69) is 10.5 Å². The van der Waals surface area contributed by atoms with Crippen LogP contribution in [0, 0.1) is 0 Å². The van der Waals surface area contributed by atoms with Crippen LogP contribution in [0.2, 0.25) is 0 Å². The highest BCUT2D eigenvalue weighted by Gasteiger charge is 2.29. The van der Waals surface area contributed by atoms with Crippen molar-refractivity contribution >= 4 is 45.0 Å². The molecule has 0 spiro atoms. The van der Waals surface area contributed by atoms with E-state index >= 15 is 0 Å². The van der Waals surface area contributed by atoms with Gasteiger partial charge in [0.05, 0.1) is 12.2 Å². The fourth-order valence-electron chi connectivity index (χ4n) is 4.49. The maximum Gasteiger partial charge on any atom is 0.271 e. The lowest BCUT2D eigenvalue weighted by Crippen LogP contribution is -2.26. The monoisotopic (exact) mass is 459 g/mol. The van der Waals surface area contributed by atoms with Crippen LogP contribution < -0.4 is 10.3 Å². The van der Waals surface area contributed by atoms with Gasteiger partial charge in [-0.15, -0.1) is 0 Å². The molecular weight excluding hydrogens is 438 g/mol. The van der Waals surface area contributed by atoms with Gasteiger partial charge in [0.1, 0.15) is 11.3 Å². The second-order valence-corrected chi connectivity index (χ2v) is 8.56. The molecule has 2 heterocycles. The minimum atomic E-state index is -0.318. The molecule has 0 saturated heterocycles. The first-order valence-electron chi connectivity index (χ1n) is 11.3. The van der Waals surface area contributed by atoms with Crippen molar-refractivity contribution in [2.45, 2.75) is 13.5 Å². The first-order chi connectivity index (χ1) is 17.1. The van der Waals surface area contributed by atoms with Gasteiger partial charge in [0.15, 0.2) is 5.76 Å². The van der Waals surface area contributed by atoms with E-state index in [9.17, 15) is 9.59 Å². The normalized spacial score (nSPS) is 13.1. The molecule has 0 bridgehead atoms. The Morgan fingerprint density at radius 1 is 0.914 bits per heavy atom. The molecule has 4 aromatic carbocycles. The van der Waals surface area contributed by atoms with E-state index in [4.69, 9.17) is 4.42 Å². The molecule has 35 heavy (non-hydrogen) atoms. The minimum Gasteiger partial charge on any atom is -0.455 e. The first kappa shape index (κ1) is 20.9. The summed E-state index contributed by atoms with van der Waals surface area (Å²) in [5, 5.41) is 7.23. The molecular formula is C29H21N3O3. The number of hydrazone groups is 1. The summed E-state index contributed by atoms with van der Waals surface area (Å²) in [6.45, 7) is 2.21. The second kappa shape index (κ2) is 8.25. The Bertz CT molecular complexity index is 1610. The van der Waals surface area contributed by atoms with Gasteiger partial charge >= 0.3 is 0 Å². The van der Waals surface area contributed by atoms with Crippen LogP contribution >= 0.6 is 0 Å². The number of para-hydroxylation sites is 1. The second-order valence-electron chi connectivity index (χ2n) is 8.56. The van der Waals surface area contributed by atoms with Crippen LogP contribution in [0.15, 0.2) is 101 Å². The van der Waals surface area contributed by atoms with E-state index in [1.807, 2.05) is 78.9 Å². The molecule has 0 saturated carbocycles. The van der Waals surface area contributed by atoms with Gasteiger partial charge in [0.2, 0.25) is 0 Å². The molecule has 5 aromatic rings. The lowest BCUT2D eigenvalue weighted by atomic mass is 10.1. The molecule has 1 aromatic heterocycles. The zero-order chi connectivity index (χ0) is 23.9. The average Bonchev–Trinajstić information content (AvgIpc) is 3.44. The summed E-state index contributed by atoms with van der Waals surface area (Å²) in [4.78, 5) is 27.4. The van der Waals surface area contributed by atoms with E-state index in [0.29, 0.717) is 23.6 Å². The highest BCUT2D eigenvalue weighted by molar-refractivity contribution is 6.24. The van der Waals surface area contributed by atoms with Crippen LogP contribution in [0.4, 0.5) is 5.69 Å². The lowest BCUT2D eigenvalue weighted by Gasteiger charge is -2.18.